The molecule has 0 unspecified atom stereocenters. The van der Waals surface area contributed by atoms with Crippen LogP contribution in [0.1, 0.15) is 25.4 Å². The number of thioether (sulfide) groups is 1. The molecule has 1 heterocycles. The van der Waals surface area contributed by atoms with Gasteiger partial charge in [-0.2, -0.15) is 11.8 Å². The summed E-state index contributed by atoms with van der Waals surface area (Å²) in [6, 6.07) is 0. The quantitative estimate of drug-likeness (QED) is 0.551. The minimum absolute atomic E-state index is 0.475. The maximum atomic E-state index is 6.07. The Hall–Kier alpha value is 0.410. The average Bonchev–Trinajstić information content (AvgIpc) is 2.25. The Morgan fingerprint density at radius 1 is 1.41 bits per heavy atom. The Labute approximate surface area is 125 Å². The van der Waals surface area contributed by atoms with Crippen molar-refractivity contribution >= 4 is 46.0 Å². The van der Waals surface area contributed by atoms with E-state index in [1.165, 1.54) is 0 Å². The van der Waals surface area contributed by atoms with Crippen LogP contribution in [0.2, 0.25) is 5.15 Å². The average molecular weight is 387 g/mol. The summed E-state index contributed by atoms with van der Waals surface area (Å²) in [5, 5.41) is 0.521. The molecule has 3 nitrogen and oxygen atoms in total. The number of rotatable bonds is 6. The van der Waals surface area contributed by atoms with Crippen LogP contribution < -0.4 is 0 Å². The fourth-order valence-electron chi connectivity index (χ4n) is 1.19. The zero-order valence-corrected chi connectivity index (χ0v) is 13.9. The highest BCUT2D eigenvalue weighted by Gasteiger charge is 2.10. The summed E-state index contributed by atoms with van der Waals surface area (Å²) < 4.78 is 5.98. The molecular formula is C11H16ClIN2OS. The van der Waals surface area contributed by atoms with Crippen LogP contribution in [-0.2, 0) is 17.1 Å². The largest absolute Gasteiger partial charge is 0.378 e. The minimum Gasteiger partial charge on any atom is -0.378 e. The molecule has 0 fully saturated rings. The number of hydrogen-bond donors (Lipinski definition) is 0. The minimum atomic E-state index is 0.475. The smallest absolute Gasteiger partial charge is 0.146 e. The molecule has 0 aliphatic rings. The number of hydrogen-bond acceptors (Lipinski definition) is 4. The lowest BCUT2D eigenvalue weighted by atomic mass is 10.3. The van der Waals surface area contributed by atoms with Gasteiger partial charge in [-0.3, -0.25) is 0 Å². The van der Waals surface area contributed by atoms with Gasteiger partial charge in [-0.15, -0.1) is 0 Å². The number of ether oxygens (including phenoxy) is 1. The van der Waals surface area contributed by atoms with E-state index in [2.05, 4.69) is 46.4 Å². The maximum Gasteiger partial charge on any atom is 0.146 e. The third-order valence-electron chi connectivity index (χ3n) is 1.89. The van der Waals surface area contributed by atoms with Gasteiger partial charge in [0.05, 0.1) is 21.6 Å². The van der Waals surface area contributed by atoms with E-state index in [1.54, 1.807) is 7.11 Å². The molecular weight excluding hydrogens is 371 g/mol. The highest BCUT2D eigenvalue weighted by Crippen LogP contribution is 2.22. The van der Waals surface area contributed by atoms with E-state index in [1.807, 2.05) is 11.8 Å². The monoisotopic (exact) mass is 386 g/mol. The standard InChI is InChI=1S/C11H16ClIN2OS/c1-7(2)5-17-6-9-14-8(4-16-3)10(13)11(12)15-9/h7H,4-6H2,1-3H3. The zero-order valence-electron chi connectivity index (χ0n) is 10.2. The van der Waals surface area contributed by atoms with Crippen LogP contribution in [0.3, 0.4) is 0 Å². The molecule has 96 valence electrons. The van der Waals surface area contributed by atoms with E-state index in [0.717, 1.165) is 26.6 Å². The van der Waals surface area contributed by atoms with E-state index in [9.17, 15) is 0 Å². The summed E-state index contributed by atoms with van der Waals surface area (Å²) in [7, 11) is 1.65. The van der Waals surface area contributed by atoms with Crippen LogP contribution in [0.25, 0.3) is 0 Å². The molecule has 0 aliphatic carbocycles. The zero-order chi connectivity index (χ0) is 12.8. The predicted octanol–water partition coefficient (Wildman–Crippen LogP) is 3.77. The van der Waals surface area contributed by atoms with Gasteiger partial charge in [0.15, 0.2) is 0 Å². The van der Waals surface area contributed by atoms with Crippen molar-refractivity contribution in [3.05, 3.63) is 20.2 Å². The summed E-state index contributed by atoms with van der Waals surface area (Å²) in [5.74, 6) is 3.36. The lowest BCUT2D eigenvalue weighted by Crippen LogP contribution is -2.04. The van der Waals surface area contributed by atoms with Crippen LogP contribution in [0.5, 0.6) is 0 Å². The van der Waals surface area contributed by atoms with E-state index >= 15 is 0 Å². The SMILES string of the molecule is COCc1nc(CSCC(C)C)nc(Cl)c1I. The van der Waals surface area contributed by atoms with Crippen LogP contribution >= 0.6 is 46.0 Å². The van der Waals surface area contributed by atoms with Crippen molar-refractivity contribution < 1.29 is 4.74 Å². The van der Waals surface area contributed by atoms with Gasteiger partial charge >= 0.3 is 0 Å². The number of nitrogens with zero attached hydrogens (tertiary/aromatic N) is 2. The van der Waals surface area contributed by atoms with Crippen LogP contribution in [0, 0.1) is 9.49 Å². The summed E-state index contributed by atoms with van der Waals surface area (Å²) in [5.41, 5.74) is 0.869. The van der Waals surface area contributed by atoms with Crippen molar-refractivity contribution in [1.82, 2.24) is 9.97 Å². The fourth-order valence-corrected chi connectivity index (χ4v) is 2.70. The van der Waals surface area contributed by atoms with Gasteiger partial charge in [-0.25, -0.2) is 9.97 Å². The van der Waals surface area contributed by atoms with Crippen molar-refractivity contribution in [3.63, 3.8) is 0 Å². The Balaban J connectivity index is 2.72. The van der Waals surface area contributed by atoms with E-state index in [0.29, 0.717) is 17.7 Å². The summed E-state index contributed by atoms with van der Waals surface area (Å²) in [6.07, 6.45) is 0. The Bertz CT molecular complexity index is 377. The molecule has 0 atom stereocenters. The maximum absolute atomic E-state index is 6.07. The molecule has 0 spiro atoms. The second-order valence-corrected chi connectivity index (χ2v) is 6.50. The van der Waals surface area contributed by atoms with Gasteiger partial charge in [0.2, 0.25) is 0 Å². The topological polar surface area (TPSA) is 35.0 Å². The predicted molar refractivity (Wildman–Crippen MR) is 81.5 cm³/mol. The Kier molecular flexibility index (Phi) is 7.06. The molecule has 17 heavy (non-hydrogen) atoms. The normalized spacial score (nSPS) is 11.2. The van der Waals surface area contributed by atoms with Crippen molar-refractivity contribution in [2.45, 2.75) is 26.2 Å². The van der Waals surface area contributed by atoms with Crippen molar-refractivity contribution in [2.24, 2.45) is 5.92 Å². The molecule has 1 aromatic rings. The first kappa shape index (κ1) is 15.5. The molecule has 0 bridgehead atoms. The lowest BCUT2D eigenvalue weighted by molar-refractivity contribution is 0.180. The summed E-state index contributed by atoms with van der Waals surface area (Å²) in [4.78, 5) is 8.75. The van der Waals surface area contributed by atoms with Crippen LogP contribution in [0.15, 0.2) is 0 Å². The van der Waals surface area contributed by atoms with Gasteiger partial charge < -0.3 is 4.74 Å². The third kappa shape index (κ3) is 5.28. The molecule has 0 radical (unpaired) electrons. The number of halogens is 2. The van der Waals surface area contributed by atoms with Crippen molar-refractivity contribution in [1.29, 1.82) is 0 Å². The Morgan fingerprint density at radius 2 is 2.12 bits per heavy atom. The lowest BCUT2D eigenvalue weighted by Gasteiger charge is -2.08. The van der Waals surface area contributed by atoms with Crippen LogP contribution in [0.4, 0.5) is 0 Å². The first-order valence-corrected chi connectivity index (χ1v) is 7.93. The van der Waals surface area contributed by atoms with Gasteiger partial charge in [0, 0.05) is 7.11 Å². The summed E-state index contributed by atoms with van der Waals surface area (Å²) in [6.45, 7) is 4.87. The highest BCUT2D eigenvalue weighted by atomic mass is 127. The summed E-state index contributed by atoms with van der Waals surface area (Å²) >= 11 is 10.1. The van der Waals surface area contributed by atoms with Gasteiger partial charge in [0.1, 0.15) is 11.0 Å². The molecule has 0 aromatic carbocycles. The van der Waals surface area contributed by atoms with Crippen LogP contribution in [-0.4, -0.2) is 22.8 Å². The molecule has 1 aromatic heterocycles. The number of methoxy groups -OCH3 is 1. The van der Waals surface area contributed by atoms with Crippen molar-refractivity contribution in [2.75, 3.05) is 12.9 Å². The van der Waals surface area contributed by atoms with E-state index < -0.39 is 0 Å². The van der Waals surface area contributed by atoms with E-state index in [4.69, 9.17) is 16.3 Å². The second-order valence-electron chi connectivity index (χ2n) is 4.03. The molecule has 0 N–H and O–H groups in total. The first-order valence-electron chi connectivity index (χ1n) is 5.32. The molecule has 0 saturated heterocycles. The molecule has 0 saturated carbocycles. The van der Waals surface area contributed by atoms with Gasteiger partial charge in [-0.1, -0.05) is 25.4 Å². The van der Waals surface area contributed by atoms with Gasteiger partial charge in [-0.05, 0) is 34.3 Å². The van der Waals surface area contributed by atoms with E-state index in [-0.39, 0.29) is 0 Å². The van der Waals surface area contributed by atoms with Crippen molar-refractivity contribution in [3.8, 4) is 0 Å². The Morgan fingerprint density at radius 3 is 2.71 bits per heavy atom. The molecule has 6 heteroatoms. The third-order valence-corrected chi connectivity index (χ3v) is 4.98. The van der Waals surface area contributed by atoms with Gasteiger partial charge in [0.25, 0.3) is 0 Å². The number of aromatic nitrogens is 2. The first-order chi connectivity index (χ1) is 8.04. The second kappa shape index (κ2) is 7.76. The molecule has 0 amide bonds. The fraction of sp³-hybridized carbons (Fsp3) is 0.636. The highest BCUT2D eigenvalue weighted by molar-refractivity contribution is 14.1. The molecule has 0 aliphatic heterocycles. The molecule has 1 rings (SSSR count).